The summed E-state index contributed by atoms with van der Waals surface area (Å²) in [4.78, 5) is 15.8. The molecule has 2 aliphatic heterocycles. The standard InChI is InChI=1S/C25H40N2O4/c1-17(2)23(27-14-19(4)31-20(5)15-27)24(28)26-16-25(9-11-30-12-10-25)21-13-18(3)7-8-22(21)29-6/h7-8,13,17,19-20,23H,9-12,14-16H2,1-6H3,(H,26,28). The Morgan fingerprint density at radius 3 is 2.45 bits per heavy atom. The average Bonchev–Trinajstić information content (AvgIpc) is 2.72. The molecule has 2 saturated heterocycles. The van der Waals surface area contributed by atoms with E-state index >= 15 is 0 Å². The fourth-order valence-corrected chi connectivity index (χ4v) is 5.24. The highest BCUT2D eigenvalue weighted by Crippen LogP contribution is 2.40. The molecule has 3 atom stereocenters. The van der Waals surface area contributed by atoms with Gasteiger partial charge in [0, 0.05) is 43.8 Å². The van der Waals surface area contributed by atoms with E-state index in [-0.39, 0.29) is 35.5 Å². The van der Waals surface area contributed by atoms with Crippen molar-refractivity contribution in [2.24, 2.45) is 5.92 Å². The summed E-state index contributed by atoms with van der Waals surface area (Å²) >= 11 is 0. The maximum atomic E-state index is 13.5. The van der Waals surface area contributed by atoms with Crippen LogP contribution in [0.4, 0.5) is 0 Å². The maximum Gasteiger partial charge on any atom is 0.237 e. The lowest BCUT2D eigenvalue weighted by Crippen LogP contribution is -2.58. The van der Waals surface area contributed by atoms with Crippen LogP contribution in [0.1, 0.15) is 51.7 Å². The van der Waals surface area contributed by atoms with Crippen molar-refractivity contribution in [2.45, 2.75) is 71.1 Å². The molecule has 0 aliphatic carbocycles. The van der Waals surface area contributed by atoms with Crippen LogP contribution in [0.5, 0.6) is 5.75 Å². The van der Waals surface area contributed by atoms with Crippen LogP contribution in [0.25, 0.3) is 0 Å². The van der Waals surface area contributed by atoms with E-state index in [9.17, 15) is 4.79 Å². The van der Waals surface area contributed by atoms with Gasteiger partial charge in [-0.15, -0.1) is 0 Å². The summed E-state index contributed by atoms with van der Waals surface area (Å²) in [5.41, 5.74) is 2.19. The number of morpholine rings is 1. The Balaban J connectivity index is 1.81. The summed E-state index contributed by atoms with van der Waals surface area (Å²) in [6, 6.07) is 6.16. The molecule has 0 bridgehead atoms. The molecule has 0 aromatic heterocycles. The first kappa shape index (κ1) is 24.0. The number of hydrogen-bond donors (Lipinski definition) is 1. The van der Waals surface area contributed by atoms with Gasteiger partial charge in [-0.25, -0.2) is 0 Å². The molecule has 0 spiro atoms. The van der Waals surface area contributed by atoms with E-state index in [2.05, 4.69) is 57.0 Å². The normalized spacial score (nSPS) is 25.3. The van der Waals surface area contributed by atoms with E-state index in [0.717, 1.165) is 31.7 Å². The summed E-state index contributed by atoms with van der Waals surface area (Å²) < 4.78 is 17.3. The van der Waals surface area contributed by atoms with Gasteiger partial charge in [0.15, 0.2) is 0 Å². The van der Waals surface area contributed by atoms with Gasteiger partial charge in [-0.3, -0.25) is 9.69 Å². The Morgan fingerprint density at radius 1 is 1.23 bits per heavy atom. The van der Waals surface area contributed by atoms with Gasteiger partial charge >= 0.3 is 0 Å². The third-order valence-corrected chi connectivity index (χ3v) is 6.72. The molecule has 0 radical (unpaired) electrons. The number of carbonyl (C=O) groups excluding carboxylic acids is 1. The summed E-state index contributed by atoms with van der Waals surface area (Å²) in [7, 11) is 1.72. The number of methoxy groups -OCH3 is 1. The van der Waals surface area contributed by atoms with Crippen molar-refractivity contribution in [3.05, 3.63) is 29.3 Å². The fourth-order valence-electron chi connectivity index (χ4n) is 5.24. The highest BCUT2D eigenvalue weighted by molar-refractivity contribution is 5.82. The third kappa shape index (κ3) is 5.60. The maximum absolute atomic E-state index is 13.5. The molecule has 2 heterocycles. The minimum Gasteiger partial charge on any atom is -0.496 e. The van der Waals surface area contributed by atoms with Gasteiger partial charge < -0.3 is 19.5 Å². The van der Waals surface area contributed by atoms with Gasteiger partial charge in [0.05, 0.1) is 25.4 Å². The van der Waals surface area contributed by atoms with Crippen molar-refractivity contribution < 1.29 is 19.0 Å². The number of rotatable bonds is 7. The quantitative estimate of drug-likeness (QED) is 0.716. The Bertz CT molecular complexity index is 735. The number of nitrogens with one attached hydrogen (secondary N) is 1. The van der Waals surface area contributed by atoms with Gasteiger partial charge in [0.1, 0.15) is 5.75 Å². The second-order valence-electron chi connectivity index (χ2n) is 9.71. The van der Waals surface area contributed by atoms with E-state index in [4.69, 9.17) is 14.2 Å². The van der Waals surface area contributed by atoms with Gasteiger partial charge in [0.2, 0.25) is 5.91 Å². The van der Waals surface area contributed by atoms with Crippen LogP contribution in [0, 0.1) is 12.8 Å². The third-order valence-electron chi connectivity index (χ3n) is 6.72. The molecule has 6 heteroatoms. The first-order valence-corrected chi connectivity index (χ1v) is 11.7. The number of amides is 1. The van der Waals surface area contributed by atoms with E-state index in [1.54, 1.807) is 7.11 Å². The lowest BCUT2D eigenvalue weighted by atomic mass is 9.73. The van der Waals surface area contributed by atoms with Crippen molar-refractivity contribution in [3.8, 4) is 5.75 Å². The first-order valence-electron chi connectivity index (χ1n) is 11.7. The summed E-state index contributed by atoms with van der Waals surface area (Å²) in [6.45, 7) is 14.1. The van der Waals surface area contributed by atoms with Crippen LogP contribution >= 0.6 is 0 Å². The number of benzene rings is 1. The van der Waals surface area contributed by atoms with Crippen molar-refractivity contribution in [2.75, 3.05) is 40.0 Å². The van der Waals surface area contributed by atoms with E-state index < -0.39 is 0 Å². The van der Waals surface area contributed by atoms with Crippen molar-refractivity contribution in [1.82, 2.24) is 10.2 Å². The number of aryl methyl sites for hydroxylation is 1. The molecule has 6 nitrogen and oxygen atoms in total. The molecule has 2 fully saturated rings. The molecular formula is C25H40N2O4. The summed E-state index contributed by atoms with van der Waals surface area (Å²) in [5, 5.41) is 3.34. The number of carbonyl (C=O) groups is 1. The number of hydrogen-bond acceptors (Lipinski definition) is 5. The molecule has 1 N–H and O–H groups in total. The fraction of sp³-hybridized carbons (Fsp3) is 0.720. The van der Waals surface area contributed by atoms with Gasteiger partial charge in [-0.2, -0.15) is 0 Å². The molecule has 3 unspecified atom stereocenters. The Kier molecular flexibility index (Phi) is 8.00. The summed E-state index contributed by atoms with van der Waals surface area (Å²) in [5.74, 6) is 1.21. The minimum absolute atomic E-state index is 0.105. The van der Waals surface area contributed by atoms with Crippen LogP contribution in [-0.2, 0) is 19.7 Å². The zero-order valence-corrected chi connectivity index (χ0v) is 20.1. The Hall–Kier alpha value is -1.63. The molecular weight excluding hydrogens is 392 g/mol. The van der Waals surface area contributed by atoms with E-state index in [1.165, 1.54) is 11.1 Å². The second-order valence-corrected chi connectivity index (χ2v) is 9.71. The molecule has 3 rings (SSSR count). The number of ether oxygens (including phenoxy) is 3. The minimum atomic E-state index is -0.182. The molecule has 1 aromatic carbocycles. The van der Waals surface area contributed by atoms with Gasteiger partial charge in [-0.1, -0.05) is 31.5 Å². The second kappa shape index (κ2) is 10.3. The highest BCUT2D eigenvalue weighted by Gasteiger charge is 2.39. The van der Waals surface area contributed by atoms with Crippen LogP contribution in [0.2, 0.25) is 0 Å². The SMILES string of the molecule is COc1ccc(C)cc1C1(CNC(=O)C(C(C)C)N2CC(C)OC(C)C2)CCOCC1. The number of nitrogens with zero attached hydrogens (tertiary/aromatic N) is 1. The lowest BCUT2D eigenvalue weighted by molar-refractivity contribution is -0.135. The van der Waals surface area contributed by atoms with Gasteiger partial charge in [-0.05, 0) is 45.6 Å². The molecule has 1 aromatic rings. The Labute approximate surface area is 187 Å². The molecule has 2 aliphatic rings. The van der Waals surface area contributed by atoms with Crippen LogP contribution in [0.3, 0.4) is 0 Å². The predicted octanol–water partition coefficient (Wildman–Crippen LogP) is 3.30. The molecule has 31 heavy (non-hydrogen) atoms. The van der Waals surface area contributed by atoms with E-state index in [1.807, 2.05) is 6.07 Å². The molecule has 174 valence electrons. The zero-order chi connectivity index (χ0) is 22.6. The Morgan fingerprint density at radius 2 is 1.87 bits per heavy atom. The zero-order valence-electron chi connectivity index (χ0n) is 20.1. The molecule has 0 saturated carbocycles. The van der Waals surface area contributed by atoms with Crippen molar-refractivity contribution >= 4 is 5.91 Å². The first-order chi connectivity index (χ1) is 14.8. The van der Waals surface area contributed by atoms with Crippen molar-refractivity contribution in [1.29, 1.82) is 0 Å². The monoisotopic (exact) mass is 432 g/mol. The van der Waals surface area contributed by atoms with Crippen molar-refractivity contribution in [3.63, 3.8) is 0 Å². The topological polar surface area (TPSA) is 60.0 Å². The van der Waals surface area contributed by atoms with Crippen LogP contribution < -0.4 is 10.1 Å². The highest BCUT2D eigenvalue weighted by atomic mass is 16.5. The lowest BCUT2D eigenvalue weighted by Gasteiger charge is -2.42. The van der Waals surface area contributed by atoms with Crippen LogP contribution in [-0.4, -0.2) is 69.0 Å². The van der Waals surface area contributed by atoms with E-state index in [0.29, 0.717) is 19.8 Å². The van der Waals surface area contributed by atoms with Crippen LogP contribution in [0.15, 0.2) is 18.2 Å². The largest absolute Gasteiger partial charge is 0.496 e. The van der Waals surface area contributed by atoms with Gasteiger partial charge in [0.25, 0.3) is 0 Å². The average molecular weight is 433 g/mol. The predicted molar refractivity (Wildman–Crippen MR) is 123 cm³/mol. The molecule has 1 amide bonds. The smallest absolute Gasteiger partial charge is 0.237 e. The summed E-state index contributed by atoms with van der Waals surface area (Å²) in [6.07, 6.45) is 2.00.